The quantitative estimate of drug-likeness (QED) is 0.307. The van der Waals surface area contributed by atoms with Crippen molar-refractivity contribution in [2.75, 3.05) is 5.73 Å². The first-order valence-corrected chi connectivity index (χ1v) is 11.5. The Bertz CT molecular complexity index is 1520. The van der Waals surface area contributed by atoms with Gasteiger partial charge in [0.25, 0.3) is 5.91 Å². The van der Waals surface area contributed by atoms with Gasteiger partial charge in [0.2, 0.25) is 0 Å². The van der Waals surface area contributed by atoms with Gasteiger partial charge >= 0.3 is 0 Å². The van der Waals surface area contributed by atoms with Gasteiger partial charge in [-0.05, 0) is 67.4 Å². The van der Waals surface area contributed by atoms with Crippen LogP contribution in [0.1, 0.15) is 23.2 Å². The van der Waals surface area contributed by atoms with Gasteiger partial charge in [-0.1, -0.05) is 30.3 Å². The topological polar surface area (TPSA) is 106 Å². The van der Waals surface area contributed by atoms with Crippen LogP contribution in [0.15, 0.2) is 84.9 Å². The SMILES string of the molecule is Nc1n[nH]c2cc(-c3cccc(C(=O)NC4CC4)c3)nc(-c3ccc(Oc4ccccc4)cc3)c12. The summed E-state index contributed by atoms with van der Waals surface area (Å²) in [5.74, 6) is 1.82. The van der Waals surface area contributed by atoms with E-state index in [2.05, 4.69) is 15.5 Å². The summed E-state index contributed by atoms with van der Waals surface area (Å²) in [6, 6.07) is 27.1. The van der Waals surface area contributed by atoms with Crippen LogP contribution in [0.5, 0.6) is 11.5 Å². The Morgan fingerprint density at radius 2 is 1.69 bits per heavy atom. The molecule has 1 fully saturated rings. The van der Waals surface area contributed by atoms with Crippen LogP contribution < -0.4 is 15.8 Å². The number of fused-ring (bicyclic) bond motifs is 1. The number of nitrogens with two attached hydrogens (primary N) is 1. The zero-order valence-corrected chi connectivity index (χ0v) is 18.9. The monoisotopic (exact) mass is 461 g/mol. The molecule has 2 heterocycles. The highest BCUT2D eigenvalue weighted by Crippen LogP contribution is 2.34. The Kier molecular flexibility index (Phi) is 5.15. The van der Waals surface area contributed by atoms with E-state index in [9.17, 15) is 4.79 Å². The number of amides is 1. The number of ether oxygens (including phenoxy) is 1. The molecule has 0 saturated heterocycles. The van der Waals surface area contributed by atoms with Crippen molar-refractivity contribution in [3.8, 4) is 34.0 Å². The van der Waals surface area contributed by atoms with Crippen molar-refractivity contribution in [2.24, 2.45) is 0 Å². The Morgan fingerprint density at radius 1 is 0.914 bits per heavy atom. The van der Waals surface area contributed by atoms with E-state index in [1.807, 2.05) is 84.9 Å². The highest BCUT2D eigenvalue weighted by atomic mass is 16.5. The number of carbonyl (C=O) groups is 1. The molecule has 7 heteroatoms. The molecule has 5 aromatic rings. The Morgan fingerprint density at radius 3 is 2.46 bits per heavy atom. The van der Waals surface area contributed by atoms with Crippen LogP contribution in [0.3, 0.4) is 0 Å². The van der Waals surface area contributed by atoms with Gasteiger partial charge in [0, 0.05) is 22.7 Å². The fourth-order valence-electron chi connectivity index (χ4n) is 4.05. The molecule has 0 aliphatic heterocycles. The van der Waals surface area contributed by atoms with E-state index in [-0.39, 0.29) is 5.91 Å². The van der Waals surface area contributed by atoms with Gasteiger partial charge in [-0.2, -0.15) is 5.10 Å². The number of benzene rings is 3. The number of anilines is 1. The lowest BCUT2D eigenvalue weighted by molar-refractivity contribution is 0.0951. The lowest BCUT2D eigenvalue weighted by Crippen LogP contribution is -2.25. The number of aromatic amines is 1. The Balaban J connectivity index is 1.37. The number of carbonyl (C=O) groups excluding carboxylic acids is 1. The molecule has 1 saturated carbocycles. The van der Waals surface area contributed by atoms with Gasteiger partial charge in [-0.15, -0.1) is 0 Å². The average Bonchev–Trinajstić information content (AvgIpc) is 3.64. The molecule has 1 aliphatic carbocycles. The third kappa shape index (κ3) is 4.31. The second-order valence-electron chi connectivity index (χ2n) is 8.66. The largest absolute Gasteiger partial charge is 0.457 e. The number of nitrogens with one attached hydrogen (secondary N) is 2. The molecule has 4 N–H and O–H groups in total. The number of nitrogens with zero attached hydrogens (tertiary/aromatic N) is 2. The summed E-state index contributed by atoms with van der Waals surface area (Å²) in [4.78, 5) is 17.5. The number of para-hydroxylation sites is 1. The summed E-state index contributed by atoms with van der Waals surface area (Å²) >= 11 is 0. The maximum Gasteiger partial charge on any atom is 0.251 e. The number of pyridine rings is 1. The number of hydrogen-bond acceptors (Lipinski definition) is 5. The molecule has 6 rings (SSSR count). The van der Waals surface area contributed by atoms with Crippen molar-refractivity contribution in [3.05, 3.63) is 90.5 Å². The fourth-order valence-corrected chi connectivity index (χ4v) is 4.05. The van der Waals surface area contributed by atoms with Gasteiger partial charge in [0.05, 0.1) is 22.3 Å². The smallest absolute Gasteiger partial charge is 0.251 e. The highest BCUT2D eigenvalue weighted by Gasteiger charge is 2.24. The maximum atomic E-state index is 12.6. The lowest BCUT2D eigenvalue weighted by Gasteiger charge is -2.10. The van der Waals surface area contributed by atoms with Crippen LogP contribution in [0.2, 0.25) is 0 Å². The van der Waals surface area contributed by atoms with Crippen molar-refractivity contribution in [2.45, 2.75) is 18.9 Å². The van der Waals surface area contributed by atoms with E-state index < -0.39 is 0 Å². The third-order valence-corrected chi connectivity index (χ3v) is 6.01. The van der Waals surface area contributed by atoms with E-state index in [1.165, 1.54) is 0 Å². The van der Waals surface area contributed by atoms with Crippen molar-refractivity contribution < 1.29 is 9.53 Å². The zero-order chi connectivity index (χ0) is 23.8. The molecule has 0 atom stereocenters. The predicted octanol–water partition coefficient (Wildman–Crippen LogP) is 5.56. The second kappa shape index (κ2) is 8.61. The third-order valence-electron chi connectivity index (χ3n) is 6.01. The standard InChI is InChI=1S/C28H23N5O2/c29-27-25-24(32-33-27)16-23(18-5-4-6-19(15-18)28(34)30-20-11-12-20)31-26(25)17-9-13-22(14-10-17)35-21-7-2-1-3-8-21/h1-10,13-16,20H,11-12H2,(H,30,34)(H3,29,32,33). The second-order valence-corrected chi connectivity index (χ2v) is 8.66. The Labute approximate surface area is 202 Å². The molecule has 1 aliphatic rings. The minimum Gasteiger partial charge on any atom is -0.457 e. The normalized spacial score (nSPS) is 13.0. The van der Waals surface area contributed by atoms with E-state index in [0.717, 1.165) is 52.1 Å². The molecule has 172 valence electrons. The molecular formula is C28H23N5O2. The molecule has 0 spiro atoms. The van der Waals surface area contributed by atoms with Gasteiger partial charge < -0.3 is 15.8 Å². The molecule has 0 radical (unpaired) electrons. The maximum absolute atomic E-state index is 12.6. The van der Waals surface area contributed by atoms with Crippen molar-refractivity contribution in [1.82, 2.24) is 20.5 Å². The predicted molar refractivity (Wildman–Crippen MR) is 136 cm³/mol. The van der Waals surface area contributed by atoms with Gasteiger partial charge in [0.15, 0.2) is 5.82 Å². The molecule has 35 heavy (non-hydrogen) atoms. The number of rotatable bonds is 6. The van der Waals surface area contributed by atoms with E-state index in [0.29, 0.717) is 23.1 Å². The molecule has 2 aromatic heterocycles. The van der Waals surface area contributed by atoms with Crippen LogP contribution in [0.25, 0.3) is 33.4 Å². The number of aromatic nitrogens is 3. The molecule has 3 aromatic carbocycles. The van der Waals surface area contributed by atoms with Crippen LogP contribution in [0, 0.1) is 0 Å². The lowest BCUT2D eigenvalue weighted by atomic mass is 10.0. The van der Waals surface area contributed by atoms with Gasteiger partial charge in [-0.25, -0.2) is 4.98 Å². The summed E-state index contributed by atoms with van der Waals surface area (Å²) in [6.45, 7) is 0. The van der Waals surface area contributed by atoms with Crippen LogP contribution in [0.4, 0.5) is 5.82 Å². The number of hydrogen-bond donors (Lipinski definition) is 3. The summed E-state index contributed by atoms with van der Waals surface area (Å²) in [7, 11) is 0. The number of H-pyrrole nitrogens is 1. The minimum atomic E-state index is -0.0598. The summed E-state index contributed by atoms with van der Waals surface area (Å²) in [5, 5.41) is 11.0. The van der Waals surface area contributed by atoms with E-state index in [1.54, 1.807) is 0 Å². The first-order chi connectivity index (χ1) is 17.1. The van der Waals surface area contributed by atoms with Crippen molar-refractivity contribution >= 4 is 22.6 Å². The first-order valence-electron chi connectivity index (χ1n) is 11.5. The van der Waals surface area contributed by atoms with Crippen LogP contribution in [-0.4, -0.2) is 27.1 Å². The van der Waals surface area contributed by atoms with Crippen LogP contribution in [-0.2, 0) is 0 Å². The van der Waals surface area contributed by atoms with Gasteiger partial charge in [-0.3, -0.25) is 9.89 Å². The molecular weight excluding hydrogens is 438 g/mol. The average molecular weight is 462 g/mol. The minimum absolute atomic E-state index is 0.0598. The van der Waals surface area contributed by atoms with Crippen molar-refractivity contribution in [1.29, 1.82) is 0 Å². The van der Waals surface area contributed by atoms with Gasteiger partial charge in [0.1, 0.15) is 11.5 Å². The van der Waals surface area contributed by atoms with Crippen molar-refractivity contribution in [3.63, 3.8) is 0 Å². The fraction of sp³-hybridized carbons (Fsp3) is 0.107. The van der Waals surface area contributed by atoms with Crippen LogP contribution >= 0.6 is 0 Å². The summed E-state index contributed by atoms with van der Waals surface area (Å²) in [5.41, 5.74) is 10.7. The first kappa shape index (κ1) is 20.9. The van der Waals surface area contributed by atoms with E-state index in [4.69, 9.17) is 15.5 Å². The molecule has 0 bridgehead atoms. The number of nitrogen functional groups attached to an aromatic ring is 1. The summed E-state index contributed by atoms with van der Waals surface area (Å²) < 4.78 is 5.92. The summed E-state index contributed by atoms with van der Waals surface area (Å²) in [6.07, 6.45) is 2.09. The molecule has 1 amide bonds. The molecule has 7 nitrogen and oxygen atoms in total. The van der Waals surface area contributed by atoms with E-state index >= 15 is 0 Å². The highest BCUT2D eigenvalue weighted by molar-refractivity contribution is 6.02. The Hall–Kier alpha value is -4.65. The zero-order valence-electron chi connectivity index (χ0n) is 18.9. The molecule has 0 unspecified atom stereocenters.